The number of benzene rings is 1. The molecule has 0 aromatic heterocycles. The van der Waals surface area contributed by atoms with Gasteiger partial charge in [-0.05, 0) is 11.6 Å². The summed E-state index contributed by atoms with van der Waals surface area (Å²) in [7, 11) is 1.48. The van der Waals surface area contributed by atoms with Gasteiger partial charge in [0.1, 0.15) is 0 Å². The number of hydrogen-bond donors (Lipinski definition) is 2. The number of nitrogens with one attached hydrogen (secondary N) is 1. The number of nitrogen functional groups attached to an aromatic ring is 1. The minimum Gasteiger partial charge on any atom is -0.408 e. The predicted octanol–water partition coefficient (Wildman–Crippen LogP) is 1.16. The molecule has 1 rings (SSSR count). The Hall–Kier alpha value is -2.15. The van der Waals surface area contributed by atoms with E-state index in [1.165, 1.54) is 7.05 Å². The summed E-state index contributed by atoms with van der Waals surface area (Å²) in [5, 5.41) is 2.34. The van der Waals surface area contributed by atoms with Gasteiger partial charge in [0.2, 0.25) is 0 Å². The maximum Gasteiger partial charge on any atom is 0.412 e. The standard InChI is InChI=1S/C11H12N2O2/c1-3-5-8-6-4-7-9(10(8)12)15-11(14)13-2/h1,4,6-7H,5,12H2,2H3,(H,13,14). The molecule has 78 valence electrons. The molecule has 0 aliphatic heterocycles. The van der Waals surface area contributed by atoms with Crippen LogP contribution in [0.5, 0.6) is 5.75 Å². The monoisotopic (exact) mass is 204 g/mol. The average Bonchev–Trinajstić information content (AvgIpc) is 2.24. The fourth-order valence-electron chi connectivity index (χ4n) is 1.09. The highest BCUT2D eigenvalue weighted by Gasteiger charge is 2.08. The molecule has 4 heteroatoms. The van der Waals surface area contributed by atoms with Crippen LogP contribution < -0.4 is 15.8 Å². The van der Waals surface area contributed by atoms with Crippen LogP contribution in [0.4, 0.5) is 10.5 Å². The summed E-state index contributed by atoms with van der Waals surface area (Å²) in [6.07, 6.45) is 5.04. The number of nitrogens with two attached hydrogens (primary N) is 1. The normalized spacial score (nSPS) is 9.07. The molecule has 0 saturated carbocycles. The van der Waals surface area contributed by atoms with Crippen molar-refractivity contribution in [2.24, 2.45) is 0 Å². The van der Waals surface area contributed by atoms with E-state index in [0.29, 0.717) is 17.9 Å². The van der Waals surface area contributed by atoms with Crippen LogP contribution in [0.25, 0.3) is 0 Å². The highest BCUT2D eigenvalue weighted by Crippen LogP contribution is 2.25. The molecule has 0 radical (unpaired) electrons. The summed E-state index contributed by atoms with van der Waals surface area (Å²) in [5.41, 5.74) is 6.95. The van der Waals surface area contributed by atoms with Gasteiger partial charge in [0.05, 0.1) is 5.69 Å². The van der Waals surface area contributed by atoms with Crippen molar-refractivity contribution < 1.29 is 9.53 Å². The largest absolute Gasteiger partial charge is 0.412 e. The van der Waals surface area contributed by atoms with Crippen LogP contribution in [-0.2, 0) is 6.42 Å². The summed E-state index contributed by atoms with van der Waals surface area (Å²) in [6, 6.07) is 5.15. The number of rotatable bonds is 2. The molecule has 0 fully saturated rings. The molecule has 0 heterocycles. The molecule has 0 unspecified atom stereocenters. The third-order valence-corrected chi connectivity index (χ3v) is 1.86. The highest BCUT2D eigenvalue weighted by atomic mass is 16.6. The van der Waals surface area contributed by atoms with Gasteiger partial charge >= 0.3 is 6.09 Å². The van der Waals surface area contributed by atoms with E-state index in [9.17, 15) is 4.79 Å². The Balaban J connectivity index is 2.95. The molecule has 0 atom stereocenters. The Labute approximate surface area is 88.4 Å². The highest BCUT2D eigenvalue weighted by molar-refractivity contribution is 5.73. The number of amides is 1. The van der Waals surface area contributed by atoms with Crippen LogP contribution in [0.3, 0.4) is 0 Å². The lowest BCUT2D eigenvalue weighted by Gasteiger charge is -2.09. The molecule has 3 N–H and O–H groups in total. The van der Waals surface area contributed by atoms with Gasteiger partial charge in [-0.3, -0.25) is 0 Å². The summed E-state index contributed by atoms with van der Waals surface area (Å²) < 4.78 is 4.94. The van der Waals surface area contributed by atoms with Gasteiger partial charge in [-0.25, -0.2) is 4.79 Å². The van der Waals surface area contributed by atoms with E-state index in [1.54, 1.807) is 18.2 Å². The molecular weight excluding hydrogens is 192 g/mol. The minimum absolute atomic E-state index is 0.321. The van der Waals surface area contributed by atoms with E-state index in [-0.39, 0.29) is 0 Å². The van der Waals surface area contributed by atoms with Crippen LogP contribution in [0.15, 0.2) is 18.2 Å². The predicted molar refractivity (Wildman–Crippen MR) is 58.5 cm³/mol. The van der Waals surface area contributed by atoms with Gasteiger partial charge in [0, 0.05) is 13.5 Å². The van der Waals surface area contributed by atoms with E-state index in [0.717, 1.165) is 5.56 Å². The second-order valence-corrected chi connectivity index (χ2v) is 2.85. The molecule has 0 bridgehead atoms. The zero-order chi connectivity index (χ0) is 11.3. The van der Waals surface area contributed by atoms with Crippen molar-refractivity contribution in [3.8, 4) is 18.1 Å². The molecule has 0 aliphatic carbocycles. The third-order valence-electron chi connectivity index (χ3n) is 1.86. The summed E-state index contributed by atoms with van der Waals surface area (Å²) in [5.74, 6) is 2.80. The van der Waals surface area contributed by atoms with Gasteiger partial charge in [-0.1, -0.05) is 12.1 Å². The summed E-state index contributed by atoms with van der Waals surface area (Å²) in [6.45, 7) is 0. The molecule has 1 aromatic rings. The molecular formula is C11H12N2O2. The average molecular weight is 204 g/mol. The minimum atomic E-state index is -0.556. The molecule has 15 heavy (non-hydrogen) atoms. The van der Waals surface area contributed by atoms with Crippen LogP contribution in [-0.4, -0.2) is 13.1 Å². The quantitative estimate of drug-likeness (QED) is 0.561. The molecule has 0 aliphatic rings. The first-order valence-electron chi connectivity index (χ1n) is 4.39. The van der Waals surface area contributed by atoms with Crippen molar-refractivity contribution in [3.63, 3.8) is 0 Å². The van der Waals surface area contributed by atoms with Crippen molar-refractivity contribution in [1.82, 2.24) is 5.32 Å². The Morgan fingerprint density at radius 1 is 1.67 bits per heavy atom. The number of terminal acetylenes is 1. The van der Waals surface area contributed by atoms with Gasteiger partial charge in [0.15, 0.2) is 5.75 Å². The number of ether oxygens (including phenoxy) is 1. The van der Waals surface area contributed by atoms with Gasteiger partial charge in [-0.2, -0.15) is 0 Å². The van der Waals surface area contributed by atoms with Crippen molar-refractivity contribution in [2.45, 2.75) is 6.42 Å². The Kier molecular flexibility index (Phi) is 3.58. The van der Waals surface area contributed by atoms with Gasteiger partial charge in [-0.15, -0.1) is 12.3 Å². The van der Waals surface area contributed by atoms with E-state index in [1.807, 2.05) is 0 Å². The molecule has 0 spiro atoms. The van der Waals surface area contributed by atoms with Gasteiger partial charge in [0.25, 0.3) is 0 Å². The van der Waals surface area contributed by atoms with Crippen LogP contribution in [0.1, 0.15) is 5.56 Å². The maximum atomic E-state index is 11.0. The number of anilines is 1. The van der Waals surface area contributed by atoms with Crippen molar-refractivity contribution in [2.75, 3.05) is 12.8 Å². The number of para-hydroxylation sites is 1. The second-order valence-electron chi connectivity index (χ2n) is 2.85. The van der Waals surface area contributed by atoms with Crippen LogP contribution in [0, 0.1) is 12.3 Å². The summed E-state index contributed by atoms with van der Waals surface area (Å²) in [4.78, 5) is 11.0. The lowest BCUT2D eigenvalue weighted by Crippen LogP contribution is -2.22. The zero-order valence-electron chi connectivity index (χ0n) is 8.41. The Morgan fingerprint density at radius 3 is 3.00 bits per heavy atom. The van der Waals surface area contributed by atoms with Crippen LogP contribution >= 0.6 is 0 Å². The lowest BCUT2D eigenvalue weighted by molar-refractivity contribution is 0.203. The number of hydrogen-bond acceptors (Lipinski definition) is 3. The number of carbonyl (C=O) groups excluding carboxylic acids is 1. The summed E-state index contributed by atoms with van der Waals surface area (Å²) >= 11 is 0. The molecule has 1 aromatic carbocycles. The number of carbonyl (C=O) groups is 1. The lowest BCUT2D eigenvalue weighted by atomic mass is 10.1. The van der Waals surface area contributed by atoms with Crippen molar-refractivity contribution >= 4 is 11.8 Å². The molecule has 1 amide bonds. The van der Waals surface area contributed by atoms with Gasteiger partial charge < -0.3 is 15.8 Å². The van der Waals surface area contributed by atoms with E-state index in [4.69, 9.17) is 16.9 Å². The van der Waals surface area contributed by atoms with Crippen molar-refractivity contribution in [1.29, 1.82) is 0 Å². The Bertz CT molecular complexity index is 408. The fraction of sp³-hybridized carbons (Fsp3) is 0.182. The van der Waals surface area contributed by atoms with Crippen LogP contribution in [0.2, 0.25) is 0 Å². The molecule has 4 nitrogen and oxygen atoms in total. The maximum absolute atomic E-state index is 11.0. The third kappa shape index (κ3) is 2.64. The first-order chi connectivity index (χ1) is 7.19. The first-order valence-corrected chi connectivity index (χ1v) is 4.39. The molecule has 0 saturated heterocycles. The SMILES string of the molecule is C#CCc1cccc(OC(=O)NC)c1N. The Morgan fingerprint density at radius 2 is 2.40 bits per heavy atom. The topological polar surface area (TPSA) is 64.3 Å². The smallest absolute Gasteiger partial charge is 0.408 e. The van der Waals surface area contributed by atoms with E-state index in [2.05, 4.69) is 11.2 Å². The van der Waals surface area contributed by atoms with Crippen molar-refractivity contribution in [3.05, 3.63) is 23.8 Å². The van der Waals surface area contributed by atoms with E-state index >= 15 is 0 Å². The zero-order valence-corrected chi connectivity index (χ0v) is 8.41. The first kappa shape index (κ1) is 10.9. The second kappa shape index (κ2) is 4.91. The fourth-order valence-corrected chi connectivity index (χ4v) is 1.09. The van der Waals surface area contributed by atoms with E-state index < -0.39 is 6.09 Å².